The molecule has 2 amide bonds. The number of ketones is 1. The lowest BCUT2D eigenvalue weighted by Gasteiger charge is -2.16. The van der Waals surface area contributed by atoms with E-state index in [1.54, 1.807) is 18.2 Å². The number of amides is 2. The lowest BCUT2D eigenvalue weighted by Crippen LogP contribution is -2.36. The van der Waals surface area contributed by atoms with Gasteiger partial charge in [-0.3, -0.25) is 4.79 Å². The van der Waals surface area contributed by atoms with E-state index in [4.69, 9.17) is 11.6 Å². The average Bonchev–Trinajstić information content (AvgIpc) is 3.03. The van der Waals surface area contributed by atoms with Crippen molar-refractivity contribution in [3.05, 3.63) is 34.9 Å². The van der Waals surface area contributed by atoms with Crippen LogP contribution in [-0.4, -0.2) is 34.9 Å². The van der Waals surface area contributed by atoms with Crippen LogP contribution < -0.4 is 10.6 Å². The molecular formula is C16H18ClN2O2S. The van der Waals surface area contributed by atoms with E-state index in [0.717, 1.165) is 25.0 Å². The van der Waals surface area contributed by atoms with Crippen molar-refractivity contribution in [1.29, 1.82) is 0 Å². The van der Waals surface area contributed by atoms with E-state index in [1.165, 1.54) is 0 Å². The number of hydrogen-bond donors (Lipinski definition) is 2. The molecule has 0 bridgehead atoms. The van der Waals surface area contributed by atoms with Crippen LogP contribution in [0, 0.1) is 6.07 Å². The van der Waals surface area contributed by atoms with E-state index in [9.17, 15) is 9.59 Å². The van der Waals surface area contributed by atoms with Crippen LogP contribution in [0.5, 0.6) is 0 Å². The van der Waals surface area contributed by atoms with Gasteiger partial charge in [-0.05, 0) is 18.9 Å². The molecule has 4 nitrogen and oxygen atoms in total. The Kier molecular flexibility index (Phi) is 4.93. The predicted molar refractivity (Wildman–Crippen MR) is 88.6 cm³/mol. The lowest BCUT2D eigenvalue weighted by atomic mass is 10.0. The molecular weight excluding hydrogens is 320 g/mol. The van der Waals surface area contributed by atoms with Crippen molar-refractivity contribution in [2.24, 2.45) is 0 Å². The normalized spacial score (nSPS) is 26.4. The molecule has 3 rings (SSSR count). The molecule has 1 radical (unpaired) electrons. The molecule has 117 valence electrons. The molecule has 1 aromatic carbocycles. The molecule has 0 saturated carbocycles. The minimum atomic E-state index is -0.0505. The Morgan fingerprint density at radius 1 is 1.41 bits per heavy atom. The third kappa shape index (κ3) is 3.41. The van der Waals surface area contributed by atoms with Crippen LogP contribution in [0.25, 0.3) is 0 Å². The number of carbonyl (C=O) groups excluding carboxylic acids is 2. The molecule has 2 N–H and O–H groups in total. The number of hydrogen-bond acceptors (Lipinski definition) is 3. The summed E-state index contributed by atoms with van der Waals surface area (Å²) in [4.78, 5) is 23.4. The lowest BCUT2D eigenvalue weighted by molar-refractivity contribution is 0.0979. The molecule has 2 fully saturated rings. The van der Waals surface area contributed by atoms with Crippen molar-refractivity contribution in [2.45, 2.75) is 43.0 Å². The zero-order valence-corrected chi connectivity index (χ0v) is 13.7. The van der Waals surface area contributed by atoms with Gasteiger partial charge in [-0.25, -0.2) is 4.79 Å². The summed E-state index contributed by atoms with van der Waals surface area (Å²) < 4.78 is 0. The Hall–Kier alpha value is -1.20. The van der Waals surface area contributed by atoms with Gasteiger partial charge in [-0.1, -0.05) is 30.2 Å². The van der Waals surface area contributed by atoms with Crippen LogP contribution in [0.1, 0.15) is 36.0 Å². The fourth-order valence-corrected chi connectivity index (χ4v) is 4.82. The van der Waals surface area contributed by atoms with Gasteiger partial charge < -0.3 is 10.6 Å². The summed E-state index contributed by atoms with van der Waals surface area (Å²) in [7, 11) is 0. The molecule has 2 saturated heterocycles. The summed E-state index contributed by atoms with van der Waals surface area (Å²) in [5.74, 6) is 1.05. The van der Waals surface area contributed by atoms with Crippen molar-refractivity contribution in [3.8, 4) is 0 Å². The standard InChI is InChI=1S/C16H18ClN2O2S/c17-11-6-2-1-5-10(11)13(20)7-3-4-8-14-15-12(9-22-14)18-16(21)19-15/h1-2,5,12,14-15H,3-4,7-9H2,(H2,18,19,21)/t12-,14-,15-/m0/s1. The molecule has 2 heterocycles. The van der Waals surface area contributed by atoms with E-state index in [1.807, 2.05) is 11.8 Å². The van der Waals surface area contributed by atoms with E-state index < -0.39 is 0 Å². The minimum Gasteiger partial charge on any atom is -0.332 e. The maximum absolute atomic E-state index is 12.1. The number of unbranched alkanes of at least 4 members (excludes halogenated alkanes) is 1. The summed E-state index contributed by atoms with van der Waals surface area (Å²) in [6.07, 6.45) is 3.36. The number of urea groups is 1. The zero-order chi connectivity index (χ0) is 15.5. The highest BCUT2D eigenvalue weighted by Gasteiger charge is 2.42. The van der Waals surface area contributed by atoms with E-state index in [0.29, 0.717) is 22.3 Å². The van der Waals surface area contributed by atoms with E-state index in [2.05, 4.69) is 16.7 Å². The number of thioether (sulfide) groups is 1. The van der Waals surface area contributed by atoms with Crippen LogP contribution in [0.3, 0.4) is 0 Å². The first-order chi connectivity index (χ1) is 10.6. The molecule has 3 atom stereocenters. The summed E-state index contributed by atoms with van der Waals surface area (Å²) in [6.45, 7) is 0. The van der Waals surface area contributed by atoms with Gasteiger partial charge in [0, 0.05) is 29.1 Å². The second-order valence-electron chi connectivity index (χ2n) is 5.69. The number of halogens is 1. The molecule has 6 heteroatoms. The highest BCUT2D eigenvalue weighted by atomic mass is 35.5. The van der Waals surface area contributed by atoms with Gasteiger partial charge in [0.25, 0.3) is 0 Å². The topological polar surface area (TPSA) is 58.2 Å². The first kappa shape index (κ1) is 15.7. The minimum absolute atomic E-state index is 0.0505. The van der Waals surface area contributed by atoms with Gasteiger partial charge in [0.1, 0.15) is 0 Å². The molecule has 0 spiro atoms. The van der Waals surface area contributed by atoms with Gasteiger partial charge in [-0.2, -0.15) is 11.8 Å². The Bertz CT molecular complexity index is 581. The average molecular weight is 338 g/mol. The van der Waals surface area contributed by atoms with Crippen molar-refractivity contribution >= 4 is 35.2 Å². The van der Waals surface area contributed by atoms with Gasteiger partial charge in [0.05, 0.1) is 17.1 Å². The summed E-state index contributed by atoms with van der Waals surface area (Å²) in [6, 6.07) is 8.53. The van der Waals surface area contributed by atoms with E-state index in [-0.39, 0.29) is 23.9 Å². The molecule has 0 unspecified atom stereocenters. The van der Waals surface area contributed by atoms with Crippen LogP contribution in [-0.2, 0) is 0 Å². The Morgan fingerprint density at radius 3 is 3.09 bits per heavy atom. The van der Waals surface area contributed by atoms with Crippen molar-refractivity contribution in [2.75, 3.05) is 5.75 Å². The van der Waals surface area contributed by atoms with Gasteiger partial charge in [0.15, 0.2) is 5.78 Å². The fraction of sp³-hybridized carbons (Fsp3) is 0.500. The highest BCUT2D eigenvalue weighted by molar-refractivity contribution is 8.00. The third-order valence-electron chi connectivity index (χ3n) is 4.19. The summed E-state index contributed by atoms with van der Waals surface area (Å²) in [5.41, 5.74) is 0.562. The number of benzene rings is 1. The zero-order valence-electron chi connectivity index (χ0n) is 12.1. The SMILES string of the molecule is O=C1N[C@H]2[C@H](CS[C@H]2CCCCC(=O)c2ccc[c]c2Cl)N1. The number of nitrogens with one attached hydrogen (secondary N) is 2. The van der Waals surface area contributed by atoms with Crippen molar-refractivity contribution < 1.29 is 9.59 Å². The maximum atomic E-state index is 12.1. The second-order valence-corrected chi connectivity index (χ2v) is 7.34. The van der Waals surface area contributed by atoms with Gasteiger partial charge in [0.2, 0.25) is 0 Å². The Morgan fingerprint density at radius 2 is 2.27 bits per heavy atom. The van der Waals surface area contributed by atoms with Crippen LogP contribution in [0.2, 0.25) is 5.02 Å². The highest BCUT2D eigenvalue weighted by Crippen LogP contribution is 2.33. The number of carbonyl (C=O) groups is 2. The summed E-state index contributed by atoms with van der Waals surface area (Å²) >= 11 is 7.89. The first-order valence-corrected chi connectivity index (χ1v) is 8.96. The Labute approximate surface area is 139 Å². The molecule has 0 aromatic heterocycles. The number of Topliss-reactive ketones (excluding diaryl/α,β-unsaturated/α-hetero) is 1. The molecule has 2 aliphatic heterocycles. The second kappa shape index (κ2) is 6.92. The molecule has 22 heavy (non-hydrogen) atoms. The monoisotopic (exact) mass is 337 g/mol. The predicted octanol–water partition coefficient (Wildman–Crippen LogP) is 3.05. The third-order valence-corrected chi connectivity index (χ3v) is 6.01. The van der Waals surface area contributed by atoms with Crippen LogP contribution >= 0.6 is 23.4 Å². The molecule has 0 aliphatic carbocycles. The first-order valence-electron chi connectivity index (χ1n) is 7.53. The van der Waals surface area contributed by atoms with Crippen molar-refractivity contribution in [3.63, 3.8) is 0 Å². The van der Waals surface area contributed by atoms with E-state index >= 15 is 0 Å². The largest absolute Gasteiger partial charge is 0.332 e. The summed E-state index contributed by atoms with van der Waals surface area (Å²) in [5, 5.41) is 6.78. The van der Waals surface area contributed by atoms with Crippen LogP contribution in [0.15, 0.2) is 18.2 Å². The quantitative estimate of drug-likeness (QED) is 0.476. The van der Waals surface area contributed by atoms with Crippen molar-refractivity contribution in [1.82, 2.24) is 10.6 Å². The number of rotatable bonds is 6. The molecule has 1 aromatic rings. The number of fused-ring (bicyclic) bond motifs is 1. The van der Waals surface area contributed by atoms with Crippen LogP contribution in [0.4, 0.5) is 4.79 Å². The molecule has 2 aliphatic rings. The van der Waals surface area contributed by atoms with Gasteiger partial charge >= 0.3 is 6.03 Å². The maximum Gasteiger partial charge on any atom is 0.315 e. The van der Waals surface area contributed by atoms with Gasteiger partial charge in [-0.15, -0.1) is 0 Å². The smallest absolute Gasteiger partial charge is 0.315 e. The Balaban J connectivity index is 1.42. The fourth-order valence-electron chi connectivity index (χ4n) is 3.04.